The Kier molecular flexibility index (Phi) is 6.36. The van der Waals surface area contributed by atoms with Crippen LogP contribution in [0.1, 0.15) is 27.8 Å². The molecule has 0 aliphatic carbocycles. The van der Waals surface area contributed by atoms with Crippen molar-refractivity contribution in [2.24, 2.45) is 0 Å². The third kappa shape index (κ3) is 5.07. The molecule has 148 valence electrons. The Balaban J connectivity index is 1.74. The van der Waals surface area contributed by atoms with Crippen molar-refractivity contribution in [1.29, 1.82) is 0 Å². The lowest BCUT2D eigenvalue weighted by atomic mass is 10.2. The van der Waals surface area contributed by atoms with E-state index in [9.17, 15) is 9.59 Å². The summed E-state index contributed by atoms with van der Waals surface area (Å²) < 4.78 is 10.2. The summed E-state index contributed by atoms with van der Waals surface area (Å²) in [5, 5.41) is 5.79. The van der Waals surface area contributed by atoms with Gasteiger partial charge in [0.25, 0.3) is 5.91 Å². The Morgan fingerprint density at radius 2 is 1.79 bits per heavy atom. The number of nitrogens with zero attached hydrogens (tertiary/aromatic N) is 2. The second kappa shape index (κ2) is 9.32. The van der Waals surface area contributed by atoms with Crippen molar-refractivity contribution in [3.05, 3.63) is 72.2 Å². The molecule has 8 heteroatoms. The van der Waals surface area contributed by atoms with Crippen LogP contribution in [0, 0.1) is 0 Å². The molecule has 1 amide bonds. The maximum Gasteiger partial charge on any atom is 0.339 e. The lowest BCUT2D eigenvalue weighted by Gasteiger charge is -2.11. The average Bonchev–Trinajstić information content (AvgIpc) is 2.75. The number of hydrogen-bond donors (Lipinski definition) is 2. The van der Waals surface area contributed by atoms with Gasteiger partial charge in [-0.25, -0.2) is 14.8 Å². The van der Waals surface area contributed by atoms with E-state index >= 15 is 0 Å². The fraction of sp³-hybridized carbons (Fsp3) is 0.143. The summed E-state index contributed by atoms with van der Waals surface area (Å²) in [6.45, 7) is 2.47. The topological polar surface area (TPSA) is 102 Å². The van der Waals surface area contributed by atoms with Gasteiger partial charge in [0, 0.05) is 11.8 Å². The summed E-state index contributed by atoms with van der Waals surface area (Å²) in [6, 6.07) is 15.4. The molecule has 2 N–H and O–H groups in total. The van der Waals surface area contributed by atoms with Crippen LogP contribution in [0.2, 0.25) is 0 Å². The third-order valence-electron chi connectivity index (χ3n) is 3.92. The Morgan fingerprint density at radius 1 is 1.03 bits per heavy atom. The summed E-state index contributed by atoms with van der Waals surface area (Å²) in [5.74, 6) is 0.230. The predicted octanol–water partition coefficient (Wildman–Crippen LogP) is 3.66. The zero-order valence-corrected chi connectivity index (χ0v) is 16.0. The van der Waals surface area contributed by atoms with Crippen LogP contribution < -0.4 is 15.4 Å². The molecule has 8 nitrogen and oxygen atoms in total. The van der Waals surface area contributed by atoms with Gasteiger partial charge in [-0.3, -0.25) is 4.79 Å². The molecule has 0 saturated heterocycles. The number of amides is 1. The number of esters is 1. The minimum atomic E-state index is -0.476. The molecule has 3 rings (SSSR count). The lowest BCUT2D eigenvalue weighted by Crippen LogP contribution is -2.14. The van der Waals surface area contributed by atoms with E-state index in [0.717, 1.165) is 5.75 Å². The van der Waals surface area contributed by atoms with E-state index in [1.165, 1.54) is 19.5 Å². The number of benzene rings is 2. The normalized spacial score (nSPS) is 10.1. The molecule has 1 aromatic heterocycles. The molecule has 0 bridgehead atoms. The Morgan fingerprint density at radius 3 is 2.52 bits per heavy atom. The summed E-state index contributed by atoms with van der Waals surface area (Å²) in [5.41, 5.74) is 1.65. The highest BCUT2D eigenvalue weighted by Crippen LogP contribution is 2.21. The van der Waals surface area contributed by atoms with Gasteiger partial charge in [-0.2, -0.15) is 0 Å². The molecule has 29 heavy (non-hydrogen) atoms. The van der Waals surface area contributed by atoms with E-state index < -0.39 is 5.97 Å². The van der Waals surface area contributed by atoms with Crippen LogP contribution in [0.15, 0.2) is 60.9 Å². The minimum Gasteiger partial charge on any atom is -0.494 e. The Labute approximate surface area is 167 Å². The molecule has 0 spiro atoms. The van der Waals surface area contributed by atoms with Crippen LogP contribution in [-0.2, 0) is 4.74 Å². The largest absolute Gasteiger partial charge is 0.494 e. The van der Waals surface area contributed by atoms with Gasteiger partial charge in [0.05, 0.1) is 25.0 Å². The first-order valence-corrected chi connectivity index (χ1v) is 8.91. The number of rotatable bonds is 7. The van der Waals surface area contributed by atoms with E-state index in [2.05, 4.69) is 20.6 Å². The van der Waals surface area contributed by atoms with Crippen LogP contribution in [0.5, 0.6) is 5.75 Å². The summed E-state index contributed by atoms with van der Waals surface area (Å²) in [7, 11) is 1.31. The number of anilines is 3. The van der Waals surface area contributed by atoms with Gasteiger partial charge in [-0.15, -0.1) is 0 Å². The second-order valence-electron chi connectivity index (χ2n) is 5.86. The Hall–Kier alpha value is -3.94. The molecule has 0 saturated carbocycles. The van der Waals surface area contributed by atoms with Gasteiger partial charge in [-0.05, 0) is 43.3 Å². The van der Waals surface area contributed by atoms with Crippen molar-refractivity contribution >= 4 is 29.1 Å². The van der Waals surface area contributed by atoms with E-state index in [1.54, 1.807) is 48.5 Å². The number of methoxy groups -OCH3 is 1. The van der Waals surface area contributed by atoms with Crippen LogP contribution in [0.3, 0.4) is 0 Å². The third-order valence-corrected chi connectivity index (χ3v) is 3.92. The second-order valence-corrected chi connectivity index (χ2v) is 5.86. The minimum absolute atomic E-state index is 0.173. The zero-order chi connectivity index (χ0) is 20.6. The molecule has 0 fully saturated rings. The summed E-state index contributed by atoms with van der Waals surface area (Å²) >= 11 is 0. The first-order valence-electron chi connectivity index (χ1n) is 8.91. The average molecular weight is 392 g/mol. The highest BCUT2D eigenvalue weighted by molar-refractivity contribution is 6.03. The number of ether oxygens (including phenoxy) is 2. The van der Waals surface area contributed by atoms with Crippen LogP contribution in [0.4, 0.5) is 17.2 Å². The smallest absolute Gasteiger partial charge is 0.339 e. The highest BCUT2D eigenvalue weighted by Gasteiger charge is 2.13. The molecule has 0 unspecified atom stereocenters. The number of carbonyl (C=O) groups excluding carboxylic acids is 2. The molecular formula is C21H20N4O4. The highest BCUT2D eigenvalue weighted by atomic mass is 16.5. The van der Waals surface area contributed by atoms with Gasteiger partial charge >= 0.3 is 5.97 Å². The van der Waals surface area contributed by atoms with E-state index in [1.807, 2.05) is 6.92 Å². The molecular weight excluding hydrogens is 372 g/mol. The number of nitrogens with one attached hydrogen (secondary N) is 2. The van der Waals surface area contributed by atoms with E-state index in [0.29, 0.717) is 29.4 Å². The molecule has 0 radical (unpaired) electrons. The molecule has 3 aromatic rings. The first kappa shape index (κ1) is 19.8. The number of hydrogen-bond acceptors (Lipinski definition) is 7. The number of aromatic nitrogens is 2. The molecule has 0 atom stereocenters. The quantitative estimate of drug-likeness (QED) is 0.592. The SMILES string of the molecule is CCOc1ccc(NC(=O)c2cc(Nc3ccccc3C(=O)OC)ncn2)cc1. The van der Waals surface area contributed by atoms with E-state index in [4.69, 9.17) is 9.47 Å². The van der Waals surface area contributed by atoms with Gasteiger partial charge in [0.1, 0.15) is 23.6 Å². The molecule has 1 heterocycles. The first-order chi connectivity index (χ1) is 14.1. The maximum absolute atomic E-state index is 12.5. The standard InChI is InChI=1S/C21H20N4O4/c1-3-29-15-10-8-14(9-11-15)24-20(26)18-12-19(23-13-22-18)25-17-7-5-4-6-16(17)21(27)28-2/h4-13H,3H2,1-2H3,(H,24,26)(H,22,23,25). The molecule has 0 aliphatic rings. The van der Waals surface area contributed by atoms with Crippen molar-refractivity contribution in [3.63, 3.8) is 0 Å². The van der Waals surface area contributed by atoms with Gasteiger partial charge in [-0.1, -0.05) is 12.1 Å². The predicted molar refractivity (Wildman–Crippen MR) is 109 cm³/mol. The van der Waals surface area contributed by atoms with Crippen molar-refractivity contribution < 1.29 is 19.1 Å². The summed E-state index contributed by atoms with van der Waals surface area (Å²) in [6.07, 6.45) is 1.27. The fourth-order valence-corrected chi connectivity index (χ4v) is 2.56. The van der Waals surface area contributed by atoms with Gasteiger partial charge in [0.15, 0.2) is 0 Å². The fourth-order valence-electron chi connectivity index (χ4n) is 2.56. The van der Waals surface area contributed by atoms with E-state index in [-0.39, 0.29) is 11.6 Å². The van der Waals surface area contributed by atoms with Crippen molar-refractivity contribution in [2.75, 3.05) is 24.4 Å². The van der Waals surface area contributed by atoms with Crippen molar-refractivity contribution in [2.45, 2.75) is 6.92 Å². The zero-order valence-electron chi connectivity index (χ0n) is 16.0. The monoisotopic (exact) mass is 392 g/mol. The van der Waals surface area contributed by atoms with Crippen molar-refractivity contribution in [1.82, 2.24) is 9.97 Å². The number of carbonyl (C=O) groups is 2. The van der Waals surface area contributed by atoms with Gasteiger partial charge in [0.2, 0.25) is 0 Å². The molecule has 2 aromatic carbocycles. The summed E-state index contributed by atoms with van der Waals surface area (Å²) in [4.78, 5) is 32.5. The van der Waals surface area contributed by atoms with Gasteiger partial charge < -0.3 is 20.1 Å². The van der Waals surface area contributed by atoms with Crippen molar-refractivity contribution in [3.8, 4) is 5.75 Å². The lowest BCUT2D eigenvalue weighted by molar-refractivity contribution is 0.0601. The number of para-hydroxylation sites is 1. The molecule has 0 aliphatic heterocycles. The van der Waals surface area contributed by atoms with Crippen LogP contribution in [-0.4, -0.2) is 35.6 Å². The van der Waals surface area contributed by atoms with Crippen LogP contribution in [0.25, 0.3) is 0 Å². The Bertz CT molecular complexity index is 1010. The maximum atomic E-state index is 12.5. The van der Waals surface area contributed by atoms with Crippen LogP contribution >= 0.6 is 0 Å².